The number of rotatable bonds is 2. The summed E-state index contributed by atoms with van der Waals surface area (Å²) in [5.41, 5.74) is 9.51. The van der Waals surface area contributed by atoms with Gasteiger partial charge >= 0.3 is 0 Å². The van der Waals surface area contributed by atoms with Crippen LogP contribution in [0.2, 0.25) is 0 Å². The summed E-state index contributed by atoms with van der Waals surface area (Å²) in [6.45, 7) is 3.76. The number of aryl methyl sites for hydroxylation is 2. The third-order valence-electron chi connectivity index (χ3n) is 3.85. The summed E-state index contributed by atoms with van der Waals surface area (Å²) in [6.07, 6.45) is 1.64. The highest BCUT2D eigenvalue weighted by atomic mass is 16.2. The van der Waals surface area contributed by atoms with E-state index in [-0.39, 0.29) is 11.9 Å². The first-order chi connectivity index (χ1) is 10.5. The Morgan fingerprint density at radius 2 is 1.91 bits per heavy atom. The van der Waals surface area contributed by atoms with Crippen LogP contribution in [-0.4, -0.2) is 27.6 Å². The van der Waals surface area contributed by atoms with Gasteiger partial charge in [-0.25, -0.2) is 9.50 Å². The fourth-order valence-corrected chi connectivity index (χ4v) is 2.63. The Morgan fingerprint density at radius 3 is 2.59 bits per heavy atom. The molecule has 1 amide bonds. The summed E-state index contributed by atoms with van der Waals surface area (Å²) >= 11 is 0. The SMILES string of the molecule is Cc1c(C(=O)N(C)c2ccccc2)c(C)n2nc(N)ncc12. The summed E-state index contributed by atoms with van der Waals surface area (Å²) in [7, 11) is 1.76. The minimum Gasteiger partial charge on any atom is -0.367 e. The molecule has 0 unspecified atom stereocenters. The maximum Gasteiger partial charge on any atom is 0.260 e. The van der Waals surface area contributed by atoms with Crippen LogP contribution in [0.5, 0.6) is 0 Å². The van der Waals surface area contributed by atoms with Crippen LogP contribution >= 0.6 is 0 Å². The molecular formula is C16H17N5O. The molecule has 2 heterocycles. The molecule has 6 heteroatoms. The highest BCUT2D eigenvalue weighted by Crippen LogP contribution is 2.24. The number of hydrogen-bond acceptors (Lipinski definition) is 4. The Kier molecular flexibility index (Phi) is 3.29. The molecule has 0 aliphatic heterocycles. The first kappa shape index (κ1) is 14.1. The van der Waals surface area contributed by atoms with Gasteiger partial charge in [-0.3, -0.25) is 4.79 Å². The van der Waals surface area contributed by atoms with Crippen LogP contribution in [0.1, 0.15) is 21.6 Å². The number of amides is 1. The molecule has 0 spiro atoms. The van der Waals surface area contributed by atoms with Crippen molar-refractivity contribution in [1.29, 1.82) is 0 Å². The van der Waals surface area contributed by atoms with Crippen molar-refractivity contribution >= 4 is 23.1 Å². The lowest BCUT2D eigenvalue weighted by Gasteiger charge is -2.17. The van der Waals surface area contributed by atoms with Gasteiger partial charge in [-0.15, -0.1) is 5.10 Å². The molecule has 3 rings (SSSR count). The Bertz CT molecular complexity index is 854. The number of nitrogen functional groups attached to an aromatic ring is 1. The second-order valence-corrected chi connectivity index (χ2v) is 5.20. The minimum absolute atomic E-state index is 0.0785. The quantitative estimate of drug-likeness (QED) is 0.786. The lowest BCUT2D eigenvalue weighted by Crippen LogP contribution is -2.27. The van der Waals surface area contributed by atoms with Crippen molar-refractivity contribution in [2.45, 2.75) is 13.8 Å². The van der Waals surface area contributed by atoms with Crippen molar-refractivity contribution in [2.75, 3.05) is 17.7 Å². The number of aromatic nitrogens is 3. The lowest BCUT2D eigenvalue weighted by molar-refractivity contribution is 0.0992. The zero-order chi connectivity index (χ0) is 15.9. The van der Waals surface area contributed by atoms with E-state index < -0.39 is 0 Å². The summed E-state index contributed by atoms with van der Waals surface area (Å²) in [6, 6.07) is 9.53. The van der Waals surface area contributed by atoms with Crippen molar-refractivity contribution in [1.82, 2.24) is 14.6 Å². The van der Waals surface area contributed by atoms with Crippen LogP contribution < -0.4 is 10.6 Å². The molecule has 3 aromatic rings. The number of anilines is 2. The lowest BCUT2D eigenvalue weighted by atomic mass is 10.1. The van der Waals surface area contributed by atoms with Crippen LogP contribution in [0, 0.1) is 13.8 Å². The van der Waals surface area contributed by atoms with E-state index in [4.69, 9.17) is 5.73 Å². The maximum absolute atomic E-state index is 12.9. The highest BCUT2D eigenvalue weighted by molar-refractivity contribution is 6.08. The third-order valence-corrected chi connectivity index (χ3v) is 3.85. The molecule has 0 aliphatic rings. The van der Waals surface area contributed by atoms with Gasteiger partial charge in [0.1, 0.15) is 0 Å². The van der Waals surface area contributed by atoms with Crippen molar-refractivity contribution in [3.05, 3.63) is 53.3 Å². The number of nitrogens with two attached hydrogens (primary N) is 1. The number of benzene rings is 1. The van der Waals surface area contributed by atoms with Gasteiger partial charge < -0.3 is 10.6 Å². The molecule has 0 saturated carbocycles. The number of carbonyl (C=O) groups excluding carboxylic acids is 1. The van der Waals surface area contributed by atoms with Gasteiger partial charge in [0.25, 0.3) is 5.91 Å². The van der Waals surface area contributed by atoms with Gasteiger partial charge in [0, 0.05) is 12.7 Å². The van der Waals surface area contributed by atoms with Gasteiger partial charge in [-0.2, -0.15) is 0 Å². The molecular weight excluding hydrogens is 278 g/mol. The van der Waals surface area contributed by atoms with Crippen molar-refractivity contribution in [3.63, 3.8) is 0 Å². The number of para-hydroxylation sites is 1. The smallest absolute Gasteiger partial charge is 0.260 e. The van der Waals surface area contributed by atoms with E-state index in [0.29, 0.717) is 5.56 Å². The fourth-order valence-electron chi connectivity index (χ4n) is 2.63. The number of carbonyl (C=O) groups is 1. The van der Waals surface area contributed by atoms with Crippen LogP contribution in [0.25, 0.3) is 5.52 Å². The summed E-state index contributed by atoms with van der Waals surface area (Å²) < 4.78 is 1.67. The molecule has 0 saturated heterocycles. The normalized spacial score (nSPS) is 10.9. The number of nitrogens with zero attached hydrogens (tertiary/aromatic N) is 4. The van der Waals surface area contributed by atoms with Crippen molar-refractivity contribution in [2.24, 2.45) is 0 Å². The predicted molar refractivity (Wildman–Crippen MR) is 86.0 cm³/mol. The molecule has 0 radical (unpaired) electrons. The highest BCUT2D eigenvalue weighted by Gasteiger charge is 2.23. The van der Waals surface area contributed by atoms with Crippen molar-refractivity contribution in [3.8, 4) is 0 Å². The molecule has 2 aromatic heterocycles. The van der Waals surface area contributed by atoms with Crippen LogP contribution in [0.3, 0.4) is 0 Å². The Morgan fingerprint density at radius 1 is 1.23 bits per heavy atom. The van der Waals surface area contributed by atoms with E-state index in [9.17, 15) is 4.79 Å². The van der Waals surface area contributed by atoms with Gasteiger partial charge in [-0.05, 0) is 31.5 Å². The Hall–Kier alpha value is -2.89. The van der Waals surface area contributed by atoms with Crippen LogP contribution in [0.4, 0.5) is 11.6 Å². The third kappa shape index (κ3) is 2.09. The Labute approximate surface area is 128 Å². The molecule has 0 atom stereocenters. The second kappa shape index (κ2) is 5.14. The van der Waals surface area contributed by atoms with E-state index in [2.05, 4.69) is 10.1 Å². The number of hydrogen-bond donors (Lipinski definition) is 1. The monoisotopic (exact) mass is 295 g/mol. The maximum atomic E-state index is 12.9. The molecule has 0 fully saturated rings. The molecule has 22 heavy (non-hydrogen) atoms. The first-order valence-electron chi connectivity index (χ1n) is 6.94. The number of fused-ring (bicyclic) bond motifs is 1. The van der Waals surface area contributed by atoms with Gasteiger partial charge in [0.05, 0.1) is 23.0 Å². The van der Waals surface area contributed by atoms with Crippen LogP contribution in [0.15, 0.2) is 36.5 Å². The summed E-state index contributed by atoms with van der Waals surface area (Å²) in [5, 5.41) is 4.18. The van der Waals surface area contributed by atoms with Crippen LogP contribution in [-0.2, 0) is 0 Å². The molecule has 0 bridgehead atoms. The molecule has 2 N–H and O–H groups in total. The van der Waals surface area contributed by atoms with E-state index in [1.807, 2.05) is 44.2 Å². The average Bonchev–Trinajstić information content (AvgIpc) is 2.78. The largest absolute Gasteiger partial charge is 0.367 e. The van der Waals surface area contributed by atoms with Crippen molar-refractivity contribution < 1.29 is 4.79 Å². The zero-order valence-electron chi connectivity index (χ0n) is 12.7. The predicted octanol–water partition coefficient (Wildman–Crippen LogP) is 2.20. The molecule has 1 aromatic carbocycles. The zero-order valence-corrected chi connectivity index (χ0v) is 12.7. The van der Waals surface area contributed by atoms with E-state index in [1.54, 1.807) is 22.7 Å². The van der Waals surface area contributed by atoms with E-state index in [1.165, 1.54) is 0 Å². The minimum atomic E-state index is -0.0785. The molecule has 6 nitrogen and oxygen atoms in total. The van der Waals surface area contributed by atoms with Gasteiger partial charge in [0.2, 0.25) is 5.95 Å². The van der Waals surface area contributed by atoms with E-state index >= 15 is 0 Å². The average molecular weight is 295 g/mol. The van der Waals surface area contributed by atoms with Gasteiger partial charge in [-0.1, -0.05) is 18.2 Å². The molecule has 112 valence electrons. The van der Waals surface area contributed by atoms with E-state index in [0.717, 1.165) is 22.5 Å². The fraction of sp³-hybridized carbons (Fsp3) is 0.188. The Balaban J connectivity index is 2.12. The summed E-state index contributed by atoms with van der Waals surface area (Å²) in [5.74, 6) is 0.103. The standard InChI is InChI=1S/C16H17N5O/c1-10-13-9-18-16(17)19-21(13)11(2)14(10)15(22)20(3)12-7-5-4-6-8-12/h4-9H,1-3H3,(H2,17,19). The molecule has 0 aliphatic carbocycles. The van der Waals surface area contributed by atoms with Gasteiger partial charge in [0.15, 0.2) is 0 Å². The summed E-state index contributed by atoms with van der Waals surface area (Å²) in [4.78, 5) is 18.5. The first-order valence-corrected chi connectivity index (χ1v) is 6.94. The topological polar surface area (TPSA) is 76.5 Å². The second-order valence-electron chi connectivity index (χ2n) is 5.20.